The third-order valence-corrected chi connectivity index (χ3v) is 5.63. The first-order valence-corrected chi connectivity index (χ1v) is 8.36. The first-order chi connectivity index (χ1) is 9.79. The number of hydrogen-bond donors (Lipinski definition) is 0. The summed E-state index contributed by atoms with van der Waals surface area (Å²) in [6, 6.07) is 8.72. The van der Waals surface area contributed by atoms with Gasteiger partial charge in [-0.15, -0.1) is 11.3 Å². The molecule has 1 unspecified atom stereocenters. The summed E-state index contributed by atoms with van der Waals surface area (Å²) < 4.78 is 0. The number of benzene rings is 1. The van der Waals surface area contributed by atoms with E-state index in [1.165, 1.54) is 59.1 Å². The third kappa shape index (κ3) is 2.19. The molecule has 1 aliphatic carbocycles. The van der Waals surface area contributed by atoms with Gasteiger partial charge in [-0.25, -0.2) is 4.98 Å². The summed E-state index contributed by atoms with van der Waals surface area (Å²) in [4.78, 5) is 8.89. The van der Waals surface area contributed by atoms with E-state index in [1.807, 2.05) is 11.3 Å². The van der Waals surface area contributed by atoms with E-state index >= 15 is 0 Å². The van der Waals surface area contributed by atoms with Gasteiger partial charge in [-0.1, -0.05) is 24.3 Å². The molecule has 1 fully saturated rings. The minimum atomic E-state index is 0.801. The lowest BCUT2D eigenvalue weighted by Gasteiger charge is -2.29. The van der Waals surface area contributed by atoms with Gasteiger partial charge in [0.1, 0.15) is 0 Å². The predicted octanol–water partition coefficient (Wildman–Crippen LogP) is 3.60. The summed E-state index contributed by atoms with van der Waals surface area (Å²) in [5, 5.41) is 1.35. The molecule has 1 aromatic carbocycles. The Morgan fingerprint density at radius 3 is 3.15 bits per heavy atom. The van der Waals surface area contributed by atoms with E-state index in [1.54, 1.807) is 0 Å². The van der Waals surface area contributed by atoms with Crippen molar-refractivity contribution in [1.29, 1.82) is 0 Å². The number of nitrogens with zero attached hydrogens (tertiary/aromatic N) is 2. The molecule has 0 bridgehead atoms. The number of likely N-dealkylation sites (tertiary alicyclic amines) is 1. The van der Waals surface area contributed by atoms with Gasteiger partial charge in [-0.05, 0) is 37.9 Å². The van der Waals surface area contributed by atoms with Crippen LogP contribution in [0, 0.1) is 5.92 Å². The Morgan fingerprint density at radius 2 is 2.25 bits per heavy atom. The summed E-state index contributed by atoms with van der Waals surface area (Å²) in [6.07, 6.45) is 4.97. The standard InChI is InChI=1S/C17H20N2S/c1-19-8-4-5-12(11-19)9-16-18-17-14-7-3-2-6-13(14)10-15(17)20-16/h2-3,6-7,12H,4-5,8-11H2,1H3. The van der Waals surface area contributed by atoms with E-state index in [-0.39, 0.29) is 0 Å². The molecule has 2 heterocycles. The monoisotopic (exact) mass is 284 g/mol. The molecule has 0 radical (unpaired) electrons. The minimum absolute atomic E-state index is 0.801. The fraction of sp³-hybridized carbons (Fsp3) is 0.471. The molecule has 4 rings (SSSR count). The summed E-state index contributed by atoms with van der Waals surface area (Å²) in [5.41, 5.74) is 4.08. The average molecular weight is 284 g/mol. The summed E-state index contributed by atoms with van der Waals surface area (Å²) in [7, 11) is 2.24. The molecule has 0 saturated carbocycles. The van der Waals surface area contributed by atoms with Crippen LogP contribution in [0.2, 0.25) is 0 Å². The largest absolute Gasteiger partial charge is 0.306 e. The summed E-state index contributed by atoms with van der Waals surface area (Å²) in [5.74, 6) is 0.801. The first-order valence-electron chi connectivity index (χ1n) is 7.55. The van der Waals surface area contributed by atoms with Gasteiger partial charge >= 0.3 is 0 Å². The van der Waals surface area contributed by atoms with Crippen LogP contribution in [-0.2, 0) is 12.8 Å². The van der Waals surface area contributed by atoms with Crippen LogP contribution < -0.4 is 0 Å². The van der Waals surface area contributed by atoms with Gasteiger partial charge in [0, 0.05) is 29.8 Å². The lowest BCUT2D eigenvalue weighted by molar-refractivity contribution is 0.209. The molecule has 2 aromatic rings. The van der Waals surface area contributed by atoms with E-state index in [2.05, 4.69) is 36.2 Å². The van der Waals surface area contributed by atoms with E-state index in [4.69, 9.17) is 4.98 Å². The second-order valence-electron chi connectivity index (χ2n) is 6.19. The molecule has 2 aliphatic rings. The molecular formula is C17H20N2S. The first kappa shape index (κ1) is 12.5. The highest BCUT2D eigenvalue weighted by Gasteiger charge is 2.25. The topological polar surface area (TPSA) is 16.1 Å². The van der Waals surface area contributed by atoms with E-state index in [0.29, 0.717) is 0 Å². The fourth-order valence-corrected chi connectivity index (χ4v) is 4.80. The van der Waals surface area contributed by atoms with Crippen LogP contribution in [0.4, 0.5) is 0 Å². The highest BCUT2D eigenvalue weighted by atomic mass is 32.1. The van der Waals surface area contributed by atoms with Gasteiger partial charge in [0.15, 0.2) is 0 Å². The maximum absolute atomic E-state index is 4.95. The van der Waals surface area contributed by atoms with Crippen molar-refractivity contribution in [3.05, 3.63) is 39.7 Å². The SMILES string of the molecule is CN1CCCC(Cc2nc3c(s2)Cc2ccccc2-3)C1. The average Bonchev–Trinajstić information content (AvgIpc) is 2.95. The van der Waals surface area contributed by atoms with Crippen LogP contribution in [0.15, 0.2) is 24.3 Å². The minimum Gasteiger partial charge on any atom is -0.306 e. The molecule has 1 atom stereocenters. The maximum atomic E-state index is 4.95. The zero-order chi connectivity index (χ0) is 13.5. The van der Waals surface area contributed by atoms with Gasteiger partial charge in [0.25, 0.3) is 0 Å². The Bertz CT molecular complexity index is 632. The van der Waals surface area contributed by atoms with Crippen molar-refractivity contribution in [3.8, 4) is 11.3 Å². The molecule has 2 nitrogen and oxygen atoms in total. The quantitative estimate of drug-likeness (QED) is 0.715. The molecule has 20 heavy (non-hydrogen) atoms. The lowest BCUT2D eigenvalue weighted by Crippen LogP contribution is -2.32. The Kier molecular flexibility index (Phi) is 3.12. The molecule has 1 aliphatic heterocycles. The van der Waals surface area contributed by atoms with Crippen LogP contribution in [0.3, 0.4) is 0 Å². The number of thiazole rings is 1. The number of aromatic nitrogens is 1. The van der Waals surface area contributed by atoms with Crippen molar-refractivity contribution in [2.75, 3.05) is 20.1 Å². The Labute approximate surface area is 124 Å². The maximum Gasteiger partial charge on any atom is 0.0938 e. The summed E-state index contributed by atoms with van der Waals surface area (Å²) in [6.45, 7) is 2.50. The number of hydrogen-bond acceptors (Lipinski definition) is 3. The van der Waals surface area contributed by atoms with Crippen LogP contribution in [-0.4, -0.2) is 30.0 Å². The van der Waals surface area contributed by atoms with Crippen LogP contribution >= 0.6 is 11.3 Å². The van der Waals surface area contributed by atoms with Crippen molar-refractivity contribution in [3.63, 3.8) is 0 Å². The zero-order valence-electron chi connectivity index (χ0n) is 11.9. The van der Waals surface area contributed by atoms with Crippen LogP contribution in [0.1, 0.15) is 28.3 Å². The molecule has 0 N–H and O–H groups in total. The Morgan fingerprint density at radius 1 is 1.35 bits per heavy atom. The Balaban J connectivity index is 1.55. The van der Waals surface area contributed by atoms with Crippen molar-refractivity contribution < 1.29 is 0 Å². The van der Waals surface area contributed by atoms with Gasteiger partial charge in [-0.2, -0.15) is 0 Å². The van der Waals surface area contributed by atoms with Gasteiger partial charge in [0.2, 0.25) is 0 Å². The van der Waals surface area contributed by atoms with Crippen molar-refractivity contribution in [2.45, 2.75) is 25.7 Å². The lowest BCUT2D eigenvalue weighted by atomic mass is 9.95. The van der Waals surface area contributed by atoms with Crippen molar-refractivity contribution >= 4 is 11.3 Å². The van der Waals surface area contributed by atoms with Gasteiger partial charge < -0.3 is 4.90 Å². The second kappa shape index (κ2) is 4.97. The Hall–Kier alpha value is -1.19. The van der Waals surface area contributed by atoms with E-state index < -0.39 is 0 Å². The van der Waals surface area contributed by atoms with Crippen LogP contribution in [0.25, 0.3) is 11.3 Å². The molecule has 1 saturated heterocycles. The fourth-order valence-electron chi connectivity index (χ4n) is 3.58. The molecule has 104 valence electrons. The molecule has 0 spiro atoms. The van der Waals surface area contributed by atoms with Gasteiger partial charge in [-0.3, -0.25) is 0 Å². The van der Waals surface area contributed by atoms with Gasteiger partial charge in [0.05, 0.1) is 10.7 Å². The molecule has 0 amide bonds. The van der Waals surface area contributed by atoms with Crippen molar-refractivity contribution in [2.24, 2.45) is 5.92 Å². The number of fused-ring (bicyclic) bond motifs is 3. The highest BCUT2D eigenvalue weighted by molar-refractivity contribution is 7.12. The predicted molar refractivity (Wildman–Crippen MR) is 84.3 cm³/mol. The number of piperidine rings is 1. The second-order valence-corrected chi connectivity index (χ2v) is 7.36. The molecule has 1 aromatic heterocycles. The molecule has 3 heteroatoms. The van der Waals surface area contributed by atoms with Crippen LogP contribution in [0.5, 0.6) is 0 Å². The smallest absolute Gasteiger partial charge is 0.0938 e. The highest BCUT2D eigenvalue weighted by Crippen LogP contribution is 2.39. The molecular weight excluding hydrogens is 264 g/mol. The van der Waals surface area contributed by atoms with Crippen molar-refractivity contribution in [1.82, 2.24) is 9.88 Å². The zero-order valence-corrected chi connectivity index (χ0v) is 12.7. The van der Waals surface area contributed by atoms with E-state index in [0.717, 1.165) is 12.3 Å². The summed E-state index contributed by atoms with van der Waals surface area (Å²) >= 11 is 1.94. The van der Waals surface area contributed by atoms with E-state index in [9.17, 15) is 0 Å². The normalized spacial score (nSPS) is 21.8. The number of rotatable bonds is 2. The third-order valence-electron chi connectivity index (χ3n) is 4.55.